The molecule has 1 aromatic carbocycles. The molecule has 2 heterocycles. The molecule has 0 spiro atoms. The molecule has 1 aliphatic rings. The van der Waals surface area contributed by atoms with Gasteiger partial charge in [-0.25, -0.2) is 0 Å². The van der Waals surface area contributed by atoms with Gasteiger partial charge in [-0.15, -0.1) is 10.2 Å². The number of nitrogens with one attached hydrogen (secondary N) is 1. The quantitative estimate of drug-likeness (QED) is 0.891. The highest BCUT2D eigenvalue weighted by atomic mass is 32.1. The second-order valence-corrected chi connectivity index (χ2v) is 7.47. The van der Waals surface area contributed by atoms with Gasteiger partial charge in [0, 0.05) is 6.54 Å². The molecule has 2 aromatic rings. The van der Waals surface area contributed by atoms with E-state index in [9.17, 15) is 4.79 Å². The van der Waals surface area contributed by atoms with Crippen molar-refractivity contribution in [3.8, 4) is 0 Å². The summed E-state index contributed by atoms with van der Waals surface area (Å²) < 4.78 is 0. The van der Waals surface area contributed by atoms with Gasteiger partial charge in [-0.1, -0.05) is 35.6 Å². The molecule has 1 unspecified atom stereocenters. The summed E-state index contributed by atoms with van der Waals surface area (Å²) in [6.45, 7) is 4.61. The van der Waals surface area contributed by atoms with Crippen LogP contribution >= 0.6 is 11.3 Å². The molecule has 23 heavy (non-hydrogen) atoms. The molecule has 6 nitrogen and oxygen atoms in total. The Balaban J connectivity index is 1.76. The number of carbonyl (C=O) groups is 1. The van der Waals surface area contributed by atoms with Crippen LogP contribution in [0.3, 0.4) is 0 Å². The number of rotatable bonds is 3. The largest absolute Gasteiger partial charge is 0.374 e. The van der Waals surface area contributed by atoms with Gasteiger partial charge in [0.1, 0.15) is 5.01 Å². The Morgan fingerprint density at radius 1 is 1.35 bits per heavy atom. The van der Waals surface area contributed by atoms with E-state index in [1.807, 2.05) is 33.0 Å². The van der Waals surface area contributed by atoms with E-state index in [1.165, 1.54) is 22.5 Å². The number of anilines is 1. The van der Waals surface area contributed by atoms with Gasteiger partial charge in [0.2, 0.25) is 11.0 Å². The standard InChI is InChI=1S/C16H21N5OS/c1-16(2,14-19-20-15(17)23-14)18-13(22)12-8-10-6-4-5-7-11(10)9-21(12)3/h4-7,12H,8-9H2,1-3H3,(H2,17,20)(H,18,22). The van der Waals surface area contributed by atoms with Gasteiger partial charge in [0.05, 0.1) is 11.6 Å². The van der Waals surface area contributed by atoms with Gasteiger partial charge in [0.25, 0.3) is 0 Å². The second kappa shape index (κ2) is 5.90. The van der Waals surface area contributed by atoms with Crippen molar-refractivity contribution in [3.05, 3.63) is 40.4 Å². The van der Waals surface area contributed by atoms with Crippen molar-refractivity contribution in [1.82, 2.24) is 20.4 Å². The molecule has 3 N–H and O–H groups in total. The molecule has 7 heteroatoms. The fraction of sp³-hybridized carbons (Fsp3) is 0.438. The Morgan fingerprint density at radius 3 is 2.70 bits per heavy atom. The summed E-state index contributed by atoms with van der Waals surface area (Å²) in [5.74, 6) is 0.000717. The number of amides is 1. The monoisotopic (exact) mass is 331 g/mol. The van der Waals surface area contributed by atoms with Crippen LogP contribution in [0, 0.1) is 0 Å². The number of aromatic nitrogens is 2. The van der Waals surface area contributed by atoms with E-state index in [4.69, 9.17) is 5.73 Å². The first-order chi connectivity index (χ1) is 10.9. The van der Waals surface area contributed by atoms with Gasteiger partial charge in [-0.05, 0) is 38.4 Å². The predicted molar refractivity (Wildman–Crippen MR) is 90.9 cm³/mol. The van der Waals surface area contributed by atoms with E-state index in [2.05, 4.69) is 32.5 Å². The van der Waals surface area contributed by atoms with Crippen molar-refractivity contribution in [3.63, 3.8) is 0 Å². The van der Waals surface area contributed by atoms with Crippen LogP contribution in [0.4, 0.5) is 5.13 Å². The maximum absolute atomic E-state index is 12.8. The van der Waals surface area contributed by atoms with Crippen LogP contribution in [0.25, 0.3) is 0 Å². The lowest BCUT2D eigenvalue weighted by Crippen LogP contribution is -2.53. The molecular weight excluding hydrogens is 310 g/mol. The summed E-state index contributed by atoms with van der Waals surface area (Å²) in [7, 11) is 1.98. The highest BCUT2D eigenvalue weighted by molar-refractivity contribution is 7.15. The van der Waals surface area contributed by atoms with Gasteiger partial charge in [0.15, 0.2) is 0 Å². The molecule has 1 aromatic heterocycles. The number of hydrogen-bond donors (Lipinski definition) is 2. The number of nitrogen functional groups attached to an aromatic ring is 1. The maximum atomic E-state index is 12.8. The fourth-order valence-corrected chi connectivity index (χ4v) is 3.55. The smallest absolute Gasteiger partial charge is 0.238 e. The molecule has 3 rings (SSSR count). The normalized spacial score (nSPS) is 18.5. The van der Waals surface area contributed by atoms with E-state index >= 15 is 0 Å². The summed E-state index contributed by atoms with van der Waals surface area (Å²) in [5, 5.41) is 12.1. The van der Waals surface area contributed by atoms with E-state index < -0.39 is 5.54 Å². The SMILES string of the molecule is CN1Cc2ccccc2CC1C(=O)NC(C)(C)c1nnc(N)s1. The first-order valence-electron chi connectivity index (χ1n) is 7.55. The van der Waals surface area contributed by atoms with Crippen LogP contribution in [-0.2, 0) is 23.3 Å². The number of likely N-dealkylation sites (N-methyl/N-ethyl adjacent to an activating group) is 1. The second-order valence-electron chi connectivity index (χ2n) is 6.46. The number of hydrogen-bond acceptors (Lipinski definition) is 6. The Bertz CT molecular complexity index is 727. The average molecular weight is 331 g/mol. The molecule has 0 radical (unpaired) electrons. The third-order valence-corrected chi connectivity index (χ3v) is 5.27. The van der Waals surface area contributed by atoms with Crippen LogP contribution in [0.5, 0.6) is 0 Å². The summed E-state index contributed by atoms with van der Waals surface area (Å²) >= 11 is 1.30. The zero-order valence-corrected chi connectivity index (χ0v) is 14.4. The Labute approximate surface area is 139 Å². The lowest BCUT2D eigenvalue weighted by atomic mass is 9.93. The van der Waals surface area contributed by atoms with Crippen LogP contribution in [0.2, 0.25) is 0 Å². The van der Waals surface area contributed by atoms with Gasteiger partial charge in [-0.2, -0.15) is 0 Å². The van der Waals surface area contributed by atoms with Crippen LogP contribution in [0.1, 0.15) is 30.0 Å². The first kappa shape index (κ1) is 15.9. The number of nitrogens with two attached hydrogens (primary N) is 1. The molecule has 1 aliphatic heterocycles. The molecule has 1 amide bonds. The van der Waals surface area contributed by atoms with E-state index in [1.54, 1.807) is 0 Å². The topological polar surface area (TPSA) is 84.1 Å². The van der Waals surface area contributed by atoms with Crippen molar-refractivity contribution in [2.75, 3.05) is 12.8 Å². The highest BCUT2D eigenvalue weighted by Gasteiger charge is 2.34. The molecule has 122 valence electrons. The Kier molecular flexibility index (Phi) is 4.08. The average Bonchev–Trinajstić information content (AvgIpc) is 2.93. The number of carbonyl (C=O) groups excluding carboxylic acids is 1. The molecule has 0 saturated heterocycles. The summed E-state index contributed by atoms with van der Waals surface area (Å²) in [6.07, 6.45) is 0.715. The third-order valence-electron chi connectivity index (χ3n) is 4.20. The molecular formula is C16H21N5OS. The van der Waals surface area contributed by atoms with Crippen molar-refractivity contribution < 1.29 is 4.79 Å². The third kappa shape index (κ3) is 3.20. The van der Waals surface area contributed by atoms with E-state index in [0.29, 0.717) is 16.6 Å². The minimum absolute atomic E-state index is 0.000717. The predicted octanol–water partition coefficient (Wildman–Crippen LogP) is 1.53. The fourth-order valence-electron chi connectivity index (χ4n) is 2.88. The number of fused-ring (bicyclic) bond motifs is 1. The van der Waals surface area contributed by atoms with Gasteiger partial charge in [-0.3, -0.25) is 9.69 Å². The lowest BCUT2D eigenvalue weighted by molar-refractivity contribution is -0.128. The summed E-state index contributed by atoms with van der Waals surface area (Å²) in [5.41, 5.74) is 7.58. The minimum atomic E-state index is -0.593. The number of benzene rings is 1. The van der Waals surface area contributed by atoms with Crippen molar-refractivity contribution in [1.29, 1.82) is 0 Å². The zero-order chi connectivity index (χ0) is 16.6. The first-order valence-corrected chi connectivity index (χ1v) is 8.37. The maximum Gasteiger partial charge on any atom is 0.238 e. The Hall–Kier alpha value is -1.99. The molecule has 1 atom stereocenters. The van der Waals surface area contributed by atoms with E-state index in [0.717, 1.165) is 6.54 Å². The van der Waals surface area contributed by atoms with Crippen LogP contribution in [0.15, 0.2) is 24.3 Å². The number of nitrogens with zero attached hydrogens (tertiary/aromatic N) is 3. The van der Waals surface area contributed by atoms with Crippen molar-refractivity contribution in [2.45, 2.75) is 38.4 Å². The molecule has 0 bridgehead atoms. The van der Waals surface area contributed by atoms with Gasteiger partial charge < -0.3 is 11.1 Å². The van der Waals surface area contributed by atoms with Gasteiger partial charge >= 0.3 is 0 Å². The lowest BCUT2D eigenvalue weighted by Gasteiger charge is -2.35. The molecule has 0 aliphatic carbocycles. The summed E-state index contributed by atoms with van der Waals surface area (Å²) in [4.78, 5) is 14.9. The molecule has 0 saturated carbocycles. The molecule has 0 fully saturated rings. The minimum Gasteiger partial charge on any atom is -0.374 e. The van der Waals surface area contributed by atoms with E-state index in [-0.39, 0.29) is 11.9 Å². The van der Waals surface area contributed by atoms with Crippen LogP contribution < -0.4 is 11.1 Å². The van der Waals surface area contributed by atoms with Crippen molar-refractivity contribution in [2.24, 2.45) is 0 Å². The summed E-state index contributed by atoms with van der Waals surface area (Å²) in [6, 6.07) is 8.09. The highest BCUT2D eigenvalue weighted by Crippen LogP contribution is 2.27. The zero-order valence-electron chi connectivity index (χ0n) is 13.5. The van der Waals surface area contributed by atoms with Crippen LogP contribution in [-0.4, -0.2) is 34.1 Å². The van der Waals surface area contributed by atoms with Crippen molar-refractivity contribution >= 4 is 22.4 Å². The Morgan fingerprint density at radius 2 is 2.04 bits per heavy atom.